The number of aliphatic carboxylic acids is 1. The van der Waals surface area contributed by atoms with Gasteiger partial charge < -0.3 is 10.8 Å². The van der Waals surface area contributed by atoms with Crippen LogP contribution in [0.4, 0.5) is 0 Å². The molecule has 1 aromatic rings. The lowest BCUT2D eigenvalue weighted by Gasteiger charge is -2.15. The summed E-state index contributed by atoms with van der Waals surface area (Å²) >= 11 is 7.22. The maximum Gasteiger partial charge on any atom is 0.312 e. The van der Waals surface area contributed by atoms with Crippen molar-refractivity contribution < 1.29 is 18.3 Å². The van der Waals surface area contributed by atoms with Crippen molar-refractivity contribution in [1.82, 2.24) is 0 Å². The number of carbonyl (C=O) groups is 1. The van der Waals surface area contributed by atoms with Crippen LogP contribution in [0.1, 0.15) is 11.5 Å². The molecular formula is C11H14ClNO4S2. The maximum absolute atomic E-state index is 11.7. The van der Waals surface area contributed by atoms with Crippen LogP contribution in [0.15, 0.2) is 21.9 Å². The van der Waals surface area contributed by atoms with Gasteiger partial charge in [-0.25, -0.2) is 8.42 Å². The third-order valence-corrected chi connectivity index (χ3v) is 5.08. The Morgan fingerprint density at radius 3 is 2.47 bits per heavy atom. The van der Waals surface area contributed by atoms with Crippen molar-refractivity contribution in [3.8, 4) is 0 Å². The van der Waals surface area contributed by atoms with Gasteiger partial charge in [0.05, 0.1) is 15.8 Å². The van der Waals surface area contributed by atoms with Gasteiger partial charge in [-0.1, -0.05) is 11.6 Å². The average Bonchev–Trinajstić information content (AvgIpc) is 2.27. The summed E-state index contributed by atoms with van der Waals surface area (Å²) in [6, 6.07) is 2.78. The standard InChI is InChI=1S/C11H14ClNO4S2/c1-18-10-8(12)3-6(7(5-13)11(14)15)4-9(10)19(2,16)17/h3-4,7H,5,13H2,1-2H3,(H,14,15). The molecule has 0 heterocycles. The van der Waals surface area contributed by atoms with E-state index in [1.54, 1.807) is 6.26 Å². The van der Waals surface area contributed by atoms with Gasteiger partial charge in [0.1, 0.15) is 0 Å². The molecule has 0 aliphatic heterocycles. The van der Waals surface area contributed by atoms with E-state index in [1.165, 1.54) is 23.9 Å². The molecule has 8 heteroatoms. The molecule has 0 aromatic heterocycles. The molecule has 1 rings (SSSR count). The van der Waals surface area contributed by atoms with Gasteiger partial charge in [0.25, 0.3) is 0 Å². The summed E-state index contributed by atoms with van der Waals surface area (Å²) in [7, 11) is -3.50. The Morgan fingerprint density at radius 1 is 1.53 bits per heavy atom. The lowest BCUT2D eigenvalue weighted by atomic mass is 10.00. The van der Waals surface area contributed by atoms with Crippen LogP contribution < -0.4 is 5.73 Å². The highest BCUT2D eigenvalue weighted by Crippen LogP contribution is 2.35. The molecule has 0 radical (unpaired) electrons. The summed E-state index contributed by atoms with van der Waals surface area (Å²) in [5.41, 5.74) is 5.70. The summed E-state index contributed by atoms with van der Waals surface area (Å²) in [5, 5.41) is 9.27. The SMILES string of the molecule is CSc1c(Cl)cc(C(CN)C(=O)O)cc1S(C)(=O)=O. The first kappa shape index (κ1) is 16.3. The van der Waals surface area contributed by atoms with E-state index in [0.717, 1.165) is 6.26 Å². The summed E-state index contributed by atoms with van der Waals surface area (Å²) in [6.45, 7) is -0.131. The number of hydrogen-bond donors (Lipinski definition) is 2. The maximum atomic E-state index is 11.7. The Morgan fingerprint density at radius 2 is 2.11 bits per heavy atom. The number of nitrogens with two attached hydrogens (primary N) is 1. The minimum Gasteiger partial charge on any atom is -0.481 e. The topological polar surface area (TPSA) is 97.5 Å². The van der Waals surface area contributed by atoms with E-state index in [2.05, 4.69) is 0 Å². The predicted molar refractivity (Wildman–Crippen MR) is 75.8 cm³/mol. The highest BCUT2D eigenvalue weighted by Gasteiger charge is 2.23. The fourth-order valence-corrected chi connectivity index (χ4v) is 4.17. The fourth-order valence-electron chi connectivity index (χ4n) is 1.64. The van der Waals surface area contributed by atoms with Gasteiger partial charge in [0, 0.05) is 17.7 Å². The van der Waals surface area contributed by atoms with Crippen LogP contribution in [0, 0.1) is 0 Å². The van der Waals surface area contributed by atoms with E-state index >= 15 is 0 Å². The van der Waals surface area contributed by atoms with E-state index in [1.807, 2.05) is 0 Å². The number of thioether (sulfide) groups is 1. The van der Waals surface area contributed by atoms with Crippen LogP contribution in [0.2, 0.25) is 5.02 Å². The Labute approximate surface area is 121 Å². The molecular weight excluding hydrogens is 310 g/mol. The molecule has 0 bridgehead atoms. The minimum atomic E-state index is -3.50. The van der Waals surface area contributed by atoms with Crippen molar-refractivity contribution in [2.45, 2.75) is 15.7 Å². The molecule has 1 unspecified atom stereocenters. The second-order valence-electron chi connectivity index (χ2n) is 3.93. The molecule has 0 saturated carbocycles. The van der Waals surface area contributed by atoms with Crippen molar-refractivity contribution in [3.63, 3.8) is 0 Å². The summed E-state index contributed by atoms with van der Waals surface area (Å²) in [4.78, 5) is 11.5. The number of benzene rings is 1. The van der Waals surface area contributed by atoms with Crippen LogP contribution in [0.25, 0.3) is 0 Å². The molecule has 1 aromatic carbocycles. The Kier molecular flexibility index (Phi) is 5.26. The van der Waals surface area contributed by atoms with Gasteiger partial charge in [-0.15, -0.1) is 11.8 Å². The van der Waals surface area contributed by atoms with E-state index in [0.29, 0.717) is 10.5 Å². The van der Waals surface area contributed by atoms with Crippen molar-refractivity contribution >= 4 is 39.2 Å². The molecule has 19 heavy (non-hydrogen) atoms. The van der Waals surface area contributed by atoms with Crippen molar-refractivity contribution in [1.29, 1.82) is 0 Å². The molecule has 0 saturated heterocycles. The Hall–Kier alpha value is -0.760. The first-order valence-corrected chi connectivity index (χ1v) is 8.72. The van der Waals surface area contributed by atoms with Crippen LogP contribution in [0.5, 0.6) is 0 Å². The normalized spacial score (nSPS) is 13.3. The molecule has 106 valence electrons. The monoisotopic (exact) mass is 323 g/mol. The van der Waals surface area contributed by atoms with E-state index < -0.39 is 21.7 Å². The summed E-state index contributed by atoms with van der Waals surface area (Å²) in [5.74, 6) is -2.09. The van der Waals surface area contributed by atoms with E-state index in [-0.39, 0.29) is 16.5 Å². The largest absolute Gasteiger partial charge is 0.481 e. The third kappa shape index (κ3) is 3.62. The second-order valence-corrected chi connectivity index (χ2v) is 7.14. The molecule has 0 spiro atoms. The third-order valence-electron chi connectivity index (χ3n) is 2.57. The molecule has 0 fully saturated rings. The van der Waals surface area contributed by atoms with Crippen molar-refractivity contribution in [3.05, 3.63) is 22.7 Å². The van der Waals surface area contributed by atoms with Gasteiger partial charge in [0.15, 0.2) is 9.84 Å². The van der Waals surface area contributed by atoms with Gasteiger partial charge >= 0.3 is 5.97 Å². The quantitative estimate of drug-likeness (QED) is 0.799. The van der Waals surface area contributed by atoms with E-state index in [4.69, 9.17) is 22.4 Å². The van der Waals surface area contributed by atoms with Crippen molar-refractivity contribution in [2.24, 2.45) is 5.73 Å². The minimum absolute atomic E-state index is 0.0298. The van der Waals surface area contributed by atoms with Gasteiger partial charge in [-0.3, -0.25) is 4.79 Å². The zero-order valence-electron chi connectivity index (χ0n) is 10.4. The number of hydrogen-bond acceptors (Lipinski definition) is 5. The zero-order valence-corrected chi connectivity index (χ0v) is 12.8. The number of halogens is 1. The Bertz CT molecular complexity index is 601. The smallest absolute Gasteiger partial charge is 0.312 e. The molecule has 5 nitrogen and oxygen atoms in total. The number of rotatable bonds is 5. The molecule has 3 N–H and O–H groups in total. The first-order chi connectivity index (χ1) is 8.72. The number of carboxylic acid groups (broad SMARTS) is 1. The van der Waals surface area contributed by atoms with Crippen LogP contribution >= 0.6 is 23.4 Å². The molecule has 0 amide bonds. The number of sulfone groups is 1. The van der Waals surface area contributed by atoms with Crippen LogP contribution in [-0.4, -0.2) is 38.5 Å². The van der Waals surface area contributed by atoms with Crippen LogP contribution in [-0.2, 0) is 14.6 Å². The van der Waals surface area contributed by atoms with Crippen LogP contribution in [0.3, 0.4) is 0 Å². The van der Waals surface area contributed by atoms with Crippen molar-refractivity contribution in [2.75, 3.05) is 19.1 Å². The highest BCUT2D eigenvalue weighted by molar-refractivity contribution is 7.99. The molecule has 1 atom stereocenters. The number of carboxylic acids is 1. The Balaban J connectivity index is 3.56. The van der Waals surface area contributed by atoms with Gasteiger partial charge in [-0.05, 0) is 24.0 Å². The highest BCUT2D eigenvalue weighted by atomic mass is 35.5. The summed E-state index contributed by atoms with van der Waals surface area (Å²) < 4.78 is 23.5. The molecule has 0 aliphatic carbocycles. The molecule has 0 aliphatic rings. The van der Waals surface area contributed by atoms with E-state index in [9.17, 15) is 13.2 Å². The van der Waals surface area contributed by atoms with Gasteiger partial charge in [0.2, 0.25) is 0 Å². The lowest BCUT2D eigenvalue weighted by Crippen LogP contribution is -2.21. The second kappa shape index (κ2) is 6.13. The predicted octanol–water partition coefficient (Wildman–Crippen LogP) is 1.59. The fraction of sp³-hybridized carbons (Fsp3) is 0.364. The lowest BCUT2D eigenvalue weighted by molar-refractivity contribution is -0.138. The first-order valence-electron chi connectivity index (χ1n) is 5.22. The zero-order chi connectivity index (χ0) is 14.8. The average molecular weight is 324 g/mol. The van der Waals surface area contributed by atoms with Gasteiger partial charge in [-0.2, -0.15) is 0 Å². The summed E-state index contributed by atoms with van der Waals surface area (Å²) in [6.07, 6.45) is 2.76.